The summed E-state index contributed by atoms with van der Waals surface area (Å²) in [5, 5.41) is 10.3. The Hall–Kier alpha value is -3.31. The van der Waals surface area contributed by atoms with Crippen LogP contribution in [0.3, 0.4) is 0 Å². The second-order valence-corrected chi connectivity index (χ2v) is 9.99. The van der Waals surface area contributed by atoms with Crippen LogP contribution < -0.4 is 9.64 Å². The summed E-state index contributed by atoms with van der Waals surface area (Å²) in [5.74, 6) is 2.33. The molecule has 1 amide bonds. The number of piperidine rings is 1. The van der Waals surface area contributed by atoms with Crippen LogP contribution in [-0.4, -0.2) is 42.8 Å². The number of carbonyl (C=O) groups is 1. The number of amides is 1. The number of anilines is 1. The largest absolute Gasteiger partial charge is 0.497 e. The molecule has 1 aliphatic heterocycles. The molecule has 2 unspecified atom stereocenters. The van der Waals surface area contributed by atoms with Crippen LogP contribution >= 0.6 is 0 Å². The molecule has 1 N–H and O–H groups in total. The van der Waals surface area contributed by atoms with Crippen LogP contribution in [0, 0.1) is 17.8 Å². The molecule has 5 heteroatoms. The van der Waals surface area contributed by atoms with Gasteiger partial charge in [-0.25, -0.2) is 4.79 Å². The van der Waals surface area contributed by atoms with Gasteiger partial charge in [-0.05, 0) is 71.9 Å². The molecular weight excluding hydrogens is 436 g/mol. The fourth-order valence-corrected chi connectivity index (χ4v) is 6.08. The van der Waals surface area contributed by atoms with Crippen molar-refractivity contribution in [2.75, 3.05) is 31.6 Å². The molecule has 1 saturated heterocycles. The van der Waals surface area contributed by atoms with Crippen LogP contribution in [0.15, 0.2) is 78.9 Å². The molecule has 1 heterocycles. The summed E-state index contributed by atoms with van der Waals surface area (Å²) in [6.45, 7) is 3.66. The lowest BCUT2D eigenvalue weighted by molar-refractivity contribution is 0.105. The number of ether oxygens (including phenoxy) is 1. The molecule has 3 aromatic rings. The van der Waals surface area contributed by atoms with Gasteiger partial charge in [-0.1, -0.05) is 60.7 Å². The molecule has 5 rings (SSSR count). The topological polar surface area (TPSA) is 53.0 Å². The van der Waals surface area contributed by atoms with Gasteiger partial charge < -0.3 is 9.84 Å². The third-order valence-electron chi connectivity index (χ3n) is 7.81. The Labute approximate surface area is 208 Å². The van der Waals surface area contributed by atoms with Gasteiger partial charge in [0.15, 0.2) is 0 Å². The first-order valence-electron chi connectivity index (χ1n) is 12.6. The summed E-state index contributed by atoms with van der Waals surface area (Å²) in [6.07, 6.45) is 2.22. The standard InChI is InChI=1S/C30H34N2O3/c1-35-27-15-11-22(12-16-27)17-24-9-5-6-10-29(24)32(30(33)34)21-28-25-13-14-26(28)20-31(19-25)18-23-7-3-2-4-8-23/h2-12,15-16,25-26,28H,13-14,17-21H2,1H3,(H,33,34). The van der Waals surface area contributed by atoms with E-state index in [1.54, 1.807) is 12.0 Å². The Morgan fingerprint density at radius 2 is 1.57 bits per heavy atom. The van der Waals surface area contributed by atoms with Crippen LogP contribution in [0.2, 0.25) is 0 Å². The lowest BCUT2D eigenvalue weighted by atomic mass is 9.84. The Bertz CT molecular complexity index is 1120. The van der Waals surface area contributed by atoms with Crippen molar-refractivity contribution in [2.45, 2.75) is 25.8 Å². The number of methoxy groups -OCH3 is 1. The first kappa shape index (κ1) is 23.4. The van der Waals surface area contributed by atoms with Gasteiger partial charge in [0.05, 0.1) is 12.8 Å². The summed E-state index contributed by atoms with van der Waals surface area (Å²) in [5.41, 5.74) is 4.33. The number of para-hydroxylation sites is 1. The molecule has 0 aromatic heterocycles. The molecular formula is C30H34N2O3. The summed E-state index contributed by atoms with van der Waals surface area (Å²) >= 11 is 0. The maximum absolute atomic E-state index is 12.5. The van der Waals surface area contributed by atoms with Crippen LogP contribution in [0.1, 0.15) is 29.5 Å². The Kier molecular flexibility index (Phi) is 7.05. The molecule has 2 fully saturated rings. The number of hydrogen-bond acceptors (Lipinski definition) is 3. The Morgan fingerprint density at radius 1 is 0.914 bits per heavy atom. The molecule has 182 valence electrons. The van der Waals surface area contributed by atoms with E-state index in [2.05, 4.69) is 35.2 Å². The number of hydrogen-bond donors (Lipinski definition) is 1. The van der Waals surface area contributed by atoms with Gasteiger partial charge in [-0.15, -0.1) is 0 Å². The van der Waals surface area contributed by atoms with Gasteiger partial charge in [0, 0.05) is 26.2 Å². The summed E-state index contributed by atoms with van der Waals surface area (Å²) < 4.78 is 5.27. The highest BCUT2D eigenvalue weighted by Crippen LogP contribution is 2.43. The highest BCUT2D eigenvalue weighted by molar-refractivity contribution is 5.87. The molecule has 5 nitrogen and oxygen atoms in total. The number of carboxylic acid groups (broad SMARTS) is 1. The Morgan fingerprint density at radius 3 is 2.23 bits per heavy atom. The van der Waals surface area contributed by atoms with Gasteiger partial charge in [0.1, 0.15) is 5.75 Å². The van der Waals surface area contributed by atoms with Crippen molar-refractivity contribution in [3.63, 3.8) is 0 Å². The zero-order valence-electron chi connectivity index (χ0n) is 20.3. The van der Waals surface area contributed by atoms with Crippen molar-refractivity contribution in [1.82, 2.24) is 4.90 Å². The van der Waals surface area contributed by atoms with E-state index in [-0.39, 0.29) is 0 Å². The fourth-order valence-electron chi connectivity index (χ4n) is 6.08. The van der Waals surface area contributed by atoms with Crippen molar-refractivity contribution in [3.8, 4) is 5.75 Å². The highest BCUT2D eigenvalue weighted by Gasteiger charge is 2.43. The average Bonchev–Trinajstić information content (AvgIpc) is 3.11. The van der Waals surface area contributed by atoms with E-state index in [9.17, 15) is 9.90 Å². The van der Waals surface area contributed by atoms with Crippen molar-refractivity contribution >= 4 is 11.8 Å². The Balaban J connectivity index is 1.31. The molecule has 2 aliphatic rings. The minimum absolute atomic E-state index is 0.409. The molecule has 0 spiro atoms. The number of benzene rings is 3. The fraction of sp³-hybridized carbons (Fsp3) is 0.367. The van der Waals surface area contributed by atoms with Crippen LogP contribution in [0.25, 0.3) is 0 Å². The second kappa shape index (κ2) is 10.5. The van der Waals surface area contributed by atoms with E-state index in [4.69, 9.17) is 4.74 Å². The molecule has 2 bridgehead atoms. The minimum Gasteiger partial charge on any atom is -0.497 e. The first-order chi connectivity index (χ1) is 17.1. The second-order valence-electron chi connectivity index (χ2n) is 9.99. The van der Waals surface area contributed by atoms with E-state index in [1.165, 1.54) is 18.4 Å². The van der Waals surface area contributed by atoms with Crippen molar-refractivity contribution < 1.29 is 14.6 Å². The van der Waals surface area contributed by atoms with E-state index in [1.807, 2.05) is 48.5 Å². The van der Waals surface area contributed by atoms with E-state index >= 15 is 0 Å². The van der Waals surface area contributed by atoms with Crippen molar-refractivity contribution in [1.29, 1.82) is 0 Å². The molecule has 2 atom stereocenters. The molecule has 1 saturated carbocycles. The van der Waals surface area contributed by atoms with Crippen molar-refractivity contribution in [3.05, 3.63) is 95.6 Å². The van der Waals surface area contributed by atoms with E-state index in [0.717, 1.165) is 42.2 Å². The monoisotopic (exact) mass is 470 g/mol. The quantitative estimate of drug-likeness (QED) is 0.443. The lowest BCUT2D eigenvalue weighted by Crippen LogP contribution is -2.47. The first-order valence-corrected chi connectivity index (χ1v) is 12.6. The minimum atomic E-state index is -0.863. The maximum atomic E-state index is 12.5. The third kappa shape index (κ3) is 5.35. The maximum Gasteiger partial charge on any atom is 0.411 e. The predicted molar refractivity (Wildman–Crippen MR) is 139 cm³/mol. The van der Waals surface area contributed by atoms with E-state index < -0.39 is 6.09 Å². The van der Waals surface area contributed by atoms with Gasteiger partial charge in [0.2, 0.25) is 0 Å². The average molecular weight is 471 g/mol. The van der Waals surface area contributed by atoms with Crippen LogP contribution in [-0.2, 0) is 13.0 Å². The number of fused-ring (bicyclic) bond motifs is 2. The van der Waals surface area contributed by atoms with Gasteiger partial charge in [-0.2, -0.15) is 0 Å². The van der Waals surface area contributed by atoms with Crippen LogP contribution in [0.5, 0.6) is 5.75 Å². The normalized spacial score (nSPS) is 21.6. The lowest BCUT2D eigenvalue weighted by Gasteiger charge is -2.40. The number of likely N-dealkylation sites (tertiary alicyclic amines) is 1. The predicted octanol–water partition coefficient (Wildman–Crippen LogP) is 5.93. The molecule has 0 radical (unpaired) electrons. The van der Waals surface area contributed by atoms with Crippen molar-refractivity contribution in [2.24, 2.45) is 17.8 Å². The number of nitrogens with zero attached hydrogens (tertiary/aromatic N) is 2. The molecule has 1 aliphatic carbocycles. The molecule has 35 heavy (non-hydrogen) atoms. The zero-order valence-corrected chi connectivity index (χ0v) is 20.3. The zero-order chi connectivity index (χ0) is 24.2. The van der Waals surface area contributed by atoms with Gasteiger partial charge in [-0.3, -0.25) is 9.80 Å². The highest BCUT2D eigenvalue weighted by atomic mass is 16.5. The molecule has 3 aromatic carbocycles. The summed E-state index contributed by atoms with van der Waals surface area (Å²) in [7, 11) is 1.66. The van der Waals surface area contributed by atoms with Crippen LogP contribution in [0.4, 0.5) is 10.5 Å². The SMILES string of the molecule is COc1ccc(Cc2ccccc2N(CC2C3CCC2CN(Cc2ccccc2)C3)C(=O)O)cc1. The van der Waals surface area contributed by atoms with Gasteiger partial charge >= 0.3 is 6.09 Å². The summed E-state index contributed by atoms with van der Waals surface area (Å²) in [4.78, 5) is 16.7. The van der Waals surface area contributed by atoms with E-state index in [0.29, 0.717) is 30.7 Å². The van der Waals surface area contributed by atoms with Gasteiger partial charge in [0.25, 0.3) is 0 Å². The third-order valence-corrected chi connectivity index (χ3v) is 7.81. The summed E-state index contributed by atoms with van der Waals surface area (Å²) in [6, 6.07) is 26.6. The number of rotatable bonds is 8. The smallest absolute Gasteiger partial charge is 0.411 e.